The molecule has 1 aliphatic heterocycles. The number of halogens is 1. The topological polar surface area (TPSA) is 63.4 Å². The quantitative estimate of drug-likeness (QED) is 0.643. The van der Waals surface area contributed by atoms with Gasteiger partial charge in [0.1, 0.15) is 5.82 Å². The van der Waals surface area contributed by atoms with Crippen molar-refractivity contribution in [1.29, 1.82) is 0 Å². The molecule has 0 aromatic carbocycles. The van der Waals surface area contributed by atoms with E-state index in [-0.39, 0.29) is 6.10 Å². The van der Waals surface area contributed by atoms with Crippen molar-refractivity contribution in [2.24, 2.45) is 5.84 Å². The molecule has 5 nitrogen and oxygen atoms in total. The first-order chi connectivity index (χ1) is 8.61. The Bertz CT molecular complexity index is 415. The van der Waals surface area contributed by atoms with Crippen LogP contribution in [0.25, 0.3) is 0 Å². The second kappa shape index (κ2) is 5.84. The Hall–Kier alpha value is -0.880. The third kappa shape index (κ3) is 2.92. The number of nitrogens with zero attached hydrogens (tertiary/aromatic N) is 2. The van der Waals surface area contributed by atoms with Gasteiger partial charge in [0.25, 0.3) is 0 Å². The first kappa shape index (κ1) is 13.5. The average Bonchev–Trinajstić information content (AvgIpc) is 2.78. The van der Waals surface area contributed by atoms with Gasteiger partial charge in [-0.15, -0.1) is 0 Å². The molecule has 2 atom stereocenters. The average molecular weight is 271 g/mol. The number of likely N-dealkylation sites (N-methyl/N-ethyl adjacent to an activating group) is 1. The molecular formula is C12H19ClN4O. The molecule has 100 valence electrons. The molecule has 0 bridgehead atoms. The van der Waals surface area contributed by atoms with E-state index in [2.05, 4.69) is 29.3 Å². The van der Waals surface area contributed by atoms with E-state index in [0.29, 0.717) is 23.4 Å². The second-order valence-corrected chi connectivity index (χ2v) is 5.02. The summed E-state index contributed by atoms with van der Waals surface area (Å²) in [6.07, 6.45) is 1.30. The lowest BCUT2D eigenvalue weighted by Gasteiger charge is -2.26. The Balaban J connectivity index is 2.08. The number of pyridine rings is 1. The fourth-order valence-corrected chi connectivity index (χ4v) is 2.49. The van der Waals surface area contributed by atoms with Crippen molar-refractivity contribution in [3.63, 3.8) is 0 Å². The SMILES string of the molecule is CC1OCCC1N(C)Cc1nc(NN)ccc1Cl. The molecule has 1 fully saturated rings. The van der Waals surface area contributed by atoms with Gasteiger partial charge < -0.3 is 10.2 Å². The van der Waals surface area contributed by atoms with Gasteiger partial charge in [0, 0.05) is 19.2 Å². The molecule has 2 rings (SSSR count). The molecule has 2 unspecified atom stereocenters. The highest BCUT2D eigenvalue weighted by Crippen LogP contribution is 2.23. The minimum absolute atomic E-state index is 0.254. The molecular weight excluding hydrogens is 252 g/mol. The van der Waals surface area contributed by atoms with E-state index >= 15 is 0 Å². The summed E-state index contributed by atoms with van der Waals surface area (Å²) in [5, 5.41) is 0.660. The predicted octanol–water partition coefficient (Wildman–Crippen LogP) is 1.63. The van der Waals surface area contributed by atoms with Crippen LogP contribution in [0.4, 0.5) is 5.82 Å². The molecule has 0 aliphatic carbocycles. The highest BCUT2D eigenvalue weighted by Gasteiger charge is 2.28. The lowest BCUT2D eigenvalue weighted by Crippen LogP contribution is -2.36. The fourth-order valence-electron chi connectivity index (χ4n) is 2.33. The van der Waals surface area contributed by atoms with Crippen molar-refractivity contribution >= 4 is 17.4 Å². The van der Waals surface area contributed by atoms with Gasteiger partial charge in [-0.1, -0.05) is 11.6 Å². The van der Waals surface area contributed by atoms with Crippen LogP contribution in [0.15, 0.2) is 12.1 Å². The van der Waals surface area contributed by atoms with E-state index in [1.807, 2.05) is 6.07 Å². The molecule has 3 N–H and O–H groups in total. The fraction of sp³-hybridized carbons (Fsp3) is 0.583. The molecule has 0 amide bonds. The lowest BCUT2D eigenvalue weighted by atomic mass is 10.1. The van der Waals surface area contributed by atoms with Crippen LogP contribution in [-0.4, -0.2) is 35.7 Å². The molecule has 6 heteroatoms. The van der Waals surface area contributed by atoms with Gasteiger partial charge in [0.2, 0.25) is 0 Å². The van der Waals surface area contributed by atoms with Gasteiger partial charge in [-0.05, 0) is 32.5 Å². The maximum Gasteiger partial charge on any atom is 0.140 e. The standard InChI is InChI=1S/C12H19ClN4O/c1-8-11(5-6-18-8)17(2)7-10-9(13)3-4-12(15-10)16-14/h3-4,8,11H,5-7,14H2,1-2H3,(H,15,16). The maximum atomic E-state index is 6.15. The molecule has 1 aromatic rings. The minimum atomic E-state index is 0.254. The van der Waals surface area contributed by atoms with Gasteiger partial charge in [-0.2, -0.15) is 0 Å². The number of nitrogens with one attached hydrogen (secondary N) is 1. The number of anilines is 1. The Morgan fingerprint density at radius 3 is 3.00 bits per heavy atom. The molecule has 1 aliphatic rings. The number of ether oxygens (including phenoxy) is 1. The van der Waals surface area contributed by atoms with Crippen LogP contribution in [0, 0.1) is 0 Å². The molecule has 0 spiro atoms. The Morgan fingerprint density at radius 1 is 1.61 bits per heavy atom. The number of hydrogen-bond donors (Lipinski definition) is 2. The van der Waals surface area contributed by atoms with Crippen LogP contribution in [0.5, 0.6) is 0 Å². The summed E-state index contributed by atoms with van der Waals surface area (Å²) >= 11 is 6.15. The first-order valence-corrected chi connectivity index (χ1v) is 6.43. The van der Waals surface area contributed by atoms with Crippen molar-refractivity contribution in [1.82, 2.24) is 9.88 Å². The maximum absolute atomic E-state index is 6.15. The smallest absolute Gasteiger partial charge is 0.140 e. The van der Waals surface area contributed by atoms with Crippen molar-refractivity contribution in [2.75, 3.05) is 19.1 Å². The summed E-state index contributed by atoms with van der Waals surface area (Å²) in [4.78, 5) is 6.60. The van der Waals surface area contributed by atoms with Crippen LogP contribution in [0.3, 0.4) is 0 Å². The van der Waals surface area contributed by atoms with E-state index < -0.39 is 0 Å². The lowest BCUT2D eigenvalue weighted by molar-refractivity contribution is 0.0810. The zero-order valence-corrected chi connectivity index (χ0v) is 11.4. The molecule has 0 radical (unpaired) electrons. The van der Waals surface area contributed by atoms with Crippen LogP contribution in [0.1, 0.15) is 19.0 Å². The number of nitrogen functional groups attached to an aromatic ring is 1. The summed E-state index contributed by atoms with van der Waals surface area (Å²) in [7, 11) is 2.07. The number of hydrazine groups is 1. The Kier molecular flexibility index (Phi) is 4.40. The van der Waals surface area contributed by atoms with Crippen molar-refractivity contribution in [3.8, 4) is 0 Å². The van der Waals surface area contributed by atoms with E-state index in [1.165, 1.54) is 0 Å². The summed E-state index contributed by atoms with van der Waals surface area (Å²) in [5.41, 5.74) is 3.36. The normalized spacial score (nSPS) is 23.6. The third-order valence-electron chi connectivity index (χ3n) is 3.37. The zero-order chi connectivity index (χ0) is 13.1. The number of rotatable bonds is 4. The Labute approximate surface area is 112 Å². The third-order valence-corrected chi connectivity index (χ3v) is 3.71. The molecule has 1 saturated heterocycles. The van der Waals surface area contributed by atoms with Crippen molar-refractivity contribution < 1.29 is 4.74 Å². The Morgan fingerprint density at radius 2 is 2.39 bits per heavy atom. The van der Waals surface area contributed by atoms with E-state index in [1.54, 1.807) is 6.07 Å². The summed E-state index contributed by atoms with van der Waals surface area (Å²) in [5.74, 6) is 5.98. The summed E-state index contributed by atoms with van der Waals surface area (Å²) in [6.45, 7) is 3.61. The second-order valence-electron chi connectivity index (χ2n) is 4.62. The highest BCUT2D eigenvalue weighted by molar-refractivity contribution is 6.31. The van der Waals surface area contributed by atoms with Crippen LogP contribution >= 0.6 is 11.6 Å². The van der Waals surface area contributed by atoms with Crippen LogP contribution in [-0.2, 0) is 11.3 Å². The summed E-state index contributed by atoms with van der Waals surface area (Å²) < 4.78 is 5.57. The van der Waals surface area contributed by atoms with Crippen molar-refractivity contribution in [2.45, 2.75) is 32.0 Å². The van der Waals surface area contributed by atoms with Gasteiger partial charge in [0.05, 0.1) is 16.8 Å². The molecule has 18 heavy (non-hydrogen) atoms. The van der Waals surface area contributed by atoms with E-state index in [0.717, 1.165) is 18.7 Å². The van der Waals surface area contributed by atoms with Gasteiger partial charge in [0.15, 0.2) is 0 Å². The number of aromatic nitrogens is 1. The molecule has 0 saturated carbocycles. The number of nitrogens with two attached hydrogens (primary N) is 1. The van der Waals surface area contributed by atoms with Gasteiger partial charge in [-0.25, -0.2) is 10.8 Å². The summed E-state index contributed by atoms with van der Waals surface area (Å²) in [6, 6.07) is 3.98. The van der Waals surface area contributed by atoms with Gasteiger partial charge in [-0.3, -0.25) is 4.90 Å². The molecule has 2 heterocycles. The largest absolute Gasteiger partial charge is 0.377 e. The zero-order valence-electron chi connectivity index (χ0n) is 10.7. The number of hydrogen-bond acceptors (Lipinski definition) is 5. The van der Waals surface area contributed by atoms with E-state index in [4.69, 9.17) is 22.2 Å². The monoisotopic (exact) mass is 270 g/mol. The van der Waals surface area contributed by atoms with Gasteiger partial charge >= 0.3 is 0 Å². The highest BCUT2D eigenvalue weighted by atomic mass is 35.5. The van der Waals surface area contributed by atoms with Crippen molar-refractivity contribution in [3.05, 3.63) is 22.8 Å². The molecule has 1 aromatic heterocycles. The van der Waals surface area contributed by atoms with Crippen LogP contribution in [0.2, 0.25) is 5.02 Å². The van der Waals surface area contributed by atoms with E-state index in [9.17, 15) is 0 Å². The first-order valence-electron chi connectivity index (χ1n) is 6.05. The van der Waals surface area contributed by atoms with Crippen LogP contribution < -0.4 is 11.3 Å². The predicted molar refractivity (Wildman–Crippen MR) is 72.3 cm³/mol. The minimum Gasteiger partial charge on any atom is -0.377 e.